The molecule has 1 aliphatic rings. The molecule has 1 heterocycles. The average Bonchev–Trinajstić information content (AvgIpc) is 3.62. The van der Waals surface area contributed by atoms with Crippen molar-refractivity contribution in [3.05, 3.63) is 152 Å². The zero-order chi connectivity index (χ0) is 30.1. The molecular weight excluding hydrogens is 544 g/mol. The molecule has 2 nitrogen and oxygen atoms in total. The molecule has 0 bridgehead atoms. The van der Waals surface area contributed by atoms with Gasteiger partial charge in [-0.15, -0.1) is 0 Å². The van der Waals surface area contributed by atoms with Gasteiger partial charge in [0.15, 0.2) is 0 Å². The van der Waals surface area contributed by atoms with Crippen molar-refractivity contribution in [1.82, 2.24) is 4.57 Å². The minimum Gasteiger partial charge on any atom is -0.309 e. The first kappa shape index (κ1) is 25.5. The Morgan fingerprint density at radius 1 is 0.489 bits per heavy atom. The van der Waals surface area contributed by atoms with Crippen LogP contribution in [0.5, 0.6) is 0 Å². The number of aromatic nitrogens is 1. The predicted molar refractivity (Wildman–Crippen MR) is 193 cm³/mol. The van der Waals surface area contributed by atoms with Gasteiger partial charge in [0.1, 0.15) is 0 Å². The van der Waals surface area contributed by atoms with E-state index in [1.54, 1.807) is 6.08 Å². The maximum Gasteiger partial charge on any atom is 0.0619 e. The number of rotatable bonds is 5. The van der Waals surface area contributed by atoms with Crippen molar-refractivity contribution in [2.75, 3.05) is 0 Å². The molecule has 45 heavy (non-hydrogen) atoms. The zero-order valence-electron chi connectivity index (χ0n) is 24.6. The molecule has 1 aliphatic carbocycles. The van der Waals surface area contributed by atoms with Crippen molar-refractivity contribution in [2.45, 2.75) is 0 Å². The molecular formula is C43H28N2. The molecule has 0 saturated heterocycles. The van der Waals surface area contributed by atoms with E-state index >= 15 is 0 Å². The van der Waals surface area contributed by atoms with Gasteiger partial charge in [0, 0.05) is 28.1 Å². The van der Waals surface area contributed by atoms with Crippen LogP contribution in [-0.4, -0.2) is 10.8 Å². The van der Waals surface area contributed by atoms with Crippen LogP contribution in [0.4, 0.5) is 0 Å². The Morgan fingerprint density at radius 2 is 1.02 bits per heavy atom. The number of allylic oxidation sites excluding steroid dienone is 3. The van der Waals surface area contributed by atoms with Gasteiger partial charge in [0.25, 0.3) is 0 Å². The van der Waals surface area contributed by atoms with E-state index in [4.69, 9.17) is 5.41 Å². The summed E-state index contributed by atoms with van der Waals surface area (Å²) in [4.78, 5) is 0. The van der Waals surface area contributed by atoms with Crippen LogP contribution >= 0.6 is 0 Å². The fourth-order valence-corrected chi connectivity index (χ4v) is 7.49. The number of fused-ring (bicyclic) bond motifs is 8. The van der Waals surface area contributed by atoms with Crippen LogP contribution in [0.15, 0.2) is 152 Å². The summed E-state index contributed by atoms with van der Waals surface area (Å²) >= 11 is 0. The highest BCUT2D eigenvalue weighted by Crippen LogP contribution is 2.49. The quantitative estimate of drug-likeness (QED) is 0.157. The van der Waals surface area contributed by atoms with E-state index in [0.29, 0.717) is 0 Å². The average molecular weight is 573 g/mol. The van der Waals surface area contributed by atoms with Crippen molar-refractivity contribution >= 4 is 55.3 Å². The Kier molecular flexibility index (Phi) is 5.54. The summed E-state index contributed by atoms with van der Waals surface area (Å²) < 4.78 is 2.23. The SMILES string of the molecule is C=C(/C=C\C=N)n1c2ccccc2c2ccc3c(-c4ccc(-c5ccc6c7c(cccc57)-c5ccccc5-6)cc4)cccc3c21. The summed E-state index contributed by atoms with van der Waals surface area (Å²) in [5.74, 6) is 0. The molecule has 1 N–H and O–H groups in total. The van der Waals surface area contributed by atoms with E-state index in [9.17, 15) is 0 Å². The summed E-state index contributed by atoms with van der Waals surface area (Å²) in [6.07, 6.45) is 4.92. The summed E-state index contributed by atoms with van der Waals surface area (Å²) in [5, 5.41) is 14.9. The van der Waals surface area contributed by atoms with Crippen LogP contribution in [0.25, 0.3) is 93.6 Å². The number of benzene rings is 7. The Morgan fingerprint density at radius 3 is 1.78 bits per heavy atom. The minimum absolute atomic E-state index is 0.834. The van der Waals surface area contributed by atoms with Crippen molar-refractivity contribution in [2.24, 2.45) is 0 Å². The van der Waals surface area contributed by atoms with E-state index in [1.807, 2.05) is 6.08 Å². The van der Waals surface area contributed by atoms with Gasteiger partial charge in [-0.1, -0.05) is 134 Å². The summed E-state index contributed by atoms with van der Waals surface area (Å²) in [7, 11) is 0. The van der Waals surface area contributed by atoms with Crippen LogP contribution in [0.3, 0.4) is 0 Å². The highest BCUT2D eigenvalue weighted by atomic mass is 15.0. The fraction of sp³-hybridized carbons (Fsp3) is 0. The molecule has 210 valence electrons. The van der Waals surface area contributed by atoms with Crippen LogP contribution in [0.1, 0.15) is 0 Å². The molecule has 0 fully saturated rings. The Balaban J connectivity index is 1.19. The van der Waals surface area contributed by atoms with Gasteiger partial charge in [-0.2, -0.15) is 0 Å². The van der Waals surface area contributed by atoms with E-state index in [2.05, 4.69) is 145 Å². The van der Waals surface area contributed by atoms with Gasteiger partial charge >= 0.3 is 0 Å². The summed E-state index contributed by atoms with van der Waals surface area (Å²) in [5.41, 5.74) is 13.3. The lowest BCUT2D eigenvalue weighted by molar-refractivity contribution is 1.25. The van der Waals surface area contributed by atoms with Crippen LogP contribution in [0, 0.1) is 5.41 Å². The van der Waals surface area contributed by atoms with Gasteiger partial charge < -0.3 is 9.98 Å². The lowest BCUT2D eigenvalue weighted by atomic mass is 9.92. The van der Waals surface area contributed by atoms with Crippen molar-refractivity contribution in [1.29, 1.82) is 5.41 Å². The van der Waals surface area contributed by atoms with Crippen molar-refractivity contribution < 1.29 is 0 Å². The topological polar surface area (TPSA) is 28.8 Å². The Labute approximate surface area is 261 Å². The van der Waals surface area contributed by atoms with E-state index in [-0.39, 0.29) is 0 Å². The van der Waals surface area contributed by atoms with Gasteiger partial charge in [0.2, 0.25) is 0 Å². The number of para-hydroxylation sites is 1. The maximum absolute atomic E-state index is 7.50. The molecule has 7 aromatic carbocycles. The van der Waals surface area contributed by atoms with E-state index in [1.165, 1.54) is 83.0 Å². The minimum atomic E-state index is 0.834. The summed E-state index contributed by atoms with van der Waals surface area (Å²) in [6.45, 7) is 4.38. The summed E-state index contributed by atoms with van der Waals surface area (Å²) in [6, 6.07) is 48.6. The van der Waals surface area contributed by atoms with Gasteiger partial charge in [0.05, 0.1) is 11.0 Å². The highest BCUT2D eigenvalue weighted by Gasteiger charge is 2.22. The first-order valence-electron chi connectivity index (χ1n) is 15.3. The number of nitrogens with one attached hydrogen (secondary N) is 1. The second-order valence-corrected chi connectivity index (χ2v) is 11.7. The first-order chi connectivity index (χ1) is 22.2. The third kappa shape index (κ3) is 3.66. The van der Waals surface area contributed by atoms with Gasteiger partial charge in [-0.3, -0.25) is 0 Å². The monoisotopic (exact) mass is 572 g/mol. The van der Waals surface area contributed by atoms with Crippen molar-refractivity contribution in [3.63, 3.8) is 0 Å². The highest BCUT2D eigenvalue weighted by molar-refractivity contribution is 6.21. The van der Waals surface area contributed by atoms with E-state index in [0.717, 1.165) is 16.7 Å². The molecule has 1 aromatic heterocycles. The molecule has 8 aromatic rings. The Bertz CT molecular complexity index is 2530. The fourth-order valence-electron chi connectivity index (χ4n) is 7.49. The molecule has 0 radical (unpaired) electrons. The van der Waals surface area contributed by atoms with Crippen LogP contribution in [-0.2, 0) is 0 Å². The standard InChI is InChI=1S/C43H28N2/c1-27(9-8-26-44)45-41-17-5-4-12-35(41)40-25-23-34-30(13-6-16-39(34)43(40)45)28-18-20-29(21-19-28)31-22-24-38-33-11-3-2-10-32(33)37-15-7-14-36(31)42(37)38/h2-26,44H,1H2/b9-8-,44-26?. The lowest BCUT2D eigenvalue weighted by Crippen LogP contribution is -1.94. The van der Waals surface area contributed by atoms with Crippen LogP contribution in [0.2, 0.25) is 0 Å². The zero-order valence-corrected chi connectivity index (χ0v) is 24.6. The molecule has 0 atom stereocenters. The molecule has 0 amide bonds. The lowest BCUT2D eigenvalue weighted by Gasteiger charge is -2.13. The molecule has 0 spiro atoms. The third-order valence-corrected chi connectivity index (χ3v) is 9.42. The molecule has 0 saturated carbocycles. The van der Waals surface area contributed by atoms with E-state index < -0.39 is 0 Å². The third-order valence-electron chi connectivity index (χ3n) is 9.42. The molecule has 0 unspecified atom stereocenters. The number of hydrogen-bond donors (Lipinski definition) is 1. The second kappa shape index (κ2) is 9.77. The van der Waals surface area contributed by atoms with Crippen LogP contribution < -0.4 is 0 Å². The predicted octanol–water partition coefficient (Wildman–Crippen LogP) is 11.8. The smallest absolute Gasteiger partial charge is 0.0619 e. The number of nitrogens with zero attached hydrogens (tertiary/aromatic N) is 1. The van der Waals surface area contributed by atoms with Crippen molar-refractivity contribution in [3.8, 4) is 44.5 Å². The molecule has 0 aliphatic heterocycles. The molecule has 9 rings (SSSR count). The van der Waals surface area contributed by atoms with Gasteiger partial charge in [-0.25, -0.2) is 0 Å². The Hall–Kier alpha value is -5.99. The number of hydrogen-bond acceptors (Lipinski definition) is 1. The maximum atomic E-state index is 7.50. The normalized spacial score (nSPS) is 12.1. The van der Waals surface area contributed by atoms with Gasteiger partial charge in [-0.05, 0) is 78.9 Å². The second-order valence-electron chi connectivity index (χ2n) is 11.7. The molecule has 2 heteroatoms. The largest absolute Gasteiger partial charge is 0.309 e. The first-order valence-corrected chi connectivity index (χ1v) is 15.3.